The molecule has 1 aliphatic rings. The summed E-state index contributed by atoms with van der Waals surface area (Å²) in [4.78, 5) is 21.1. The van der Waals surface area contributed by atoms with E-state index in [9.17, 15) is 9.90 Å². The number of hydrogen-bond donors (Lipinski definition) is 3. The molecule has 1 aromatic heterocycles. The Balaban J connectivity index is 1.65. The Labute approximate surface area is 202 Å². The molecule has 0 fully saturated rings. The van der Waals surface area contributed by atoms with Gasteiger partial charge < -0.3 is 20.6 Å². The second-order valence-corrected chi connectivity index (χ2v) is 9.88. The second-order valence-electron chi connectivity index (χ2n) is 8.97. The van der Waals surface area contributed by atoms with E-state index in [0.29, 0.717) is 29.2 Å². The molecular formula is C26H25BrN4O2. The van der Waals surface area contributed by atoms with Crippen LogP contribution in [0.2, 0.25) is 0 Å². The maximum atomic E-state index is 13.1. The predicted octanol–water partition coefficient (Wildman–Crippen LogP) is 6.28. The van der Waals surface area contributed by atoms with Crippen molar-refractivity contribution in [1.82, 2.24) is 10.3 Å². The smallest absolute Gasteiger partial charge is 0.319 e. The van der Waals surface area contributed by atoms with Gasteiger partial charge in [-0.15, -0.1) is 4.98 Å². The zero-order valence-electron chi connectivity index (χ0n) is 18.7. The lowest BCUT2D eigenvalue weighted by Crippen LogP contribution is -2.45. The number of anilines is 1. The molecule has 0 aliphatic heterocycles. The average Bonchev–Trinajstić information content (AvgIpc) is 2.77. The number of pyridine rings is 1. The molecule has 33 heavy (non-hydrogen) atoms. The number of hydrogen-bond acceptors (Lipinski definition) is 3. The predicted molar refractivity (Wildman–Crippen MR) is 133 cm³/mol. The number of amides is 2. The number of fused-ring (bicyclic) bond motifs is 1. The van der Waals surface area contributed by atoms with Gasteiger partial charge in [0.1, 0.15) is 0 Å². The standard InChI is InChI=1S/C26H25BrN4O2/c1-15-12-20(22(30-24(15)28-4)16-8-6-5-7-9-16)29-25(33)31-23-18-11-10-17(27)13-19(18)26(2,3)14-21(23)32/h5-13,21,23,32H,14H2,1-3H3,(H2,29,31,33)/t21-,23?/m1/s1. The first-order valence-electron chi connectivity index (χ1n) is 10.7. The molecule has 2 amide bonds. The van der Waals surface area contributed by atoms with Crippen LogP contribution in [0.5, 0.6) is 0 Å². The Morgan fingerprint density at radius 2 is 1.94 bits per heavy atom. The van der Waals surface area contributed by atoms with Crippen LogP contribution in [0, 0.1) is 13.5 Å². The van der Waals surface area contributed by atoms with Gasteiger partial charge in [0.2, 0.25) is 0 Å². The van der Waals surface area contributed by atoms with E-state index in [1.54, 1.807) is 13.0 Å². The zero-order valence-corrected chi connectivity index (χ0v) is 20.3. The van der Waals surface area contributed by atoms with Gasteiger partial charge in [-0.2, -0.15) is 0 Å². The molecular weight excluding hydrogens is 480 g/mol. The summed E-state index contributed by atoms with van der Waals surface area (Å²) < 4.78 is 0.961. The quantitative estimate of drug-likeness (QED) is 0.367. The lowest BCUT2D eigenvalue weighted by atomic mass is 9.70. The van der Waals surface area contributed by atoms with Crippen molar-refractivity contribution in [2.24, 2.45) is 0 Å². The Morgan fingerprint density at radius 1 is 1.21 bits per heavy atom. The van der Waals surface area contributed by atoms with Gasteiger partial charge >= 0.3 is 6.03 Å². The molecule has 0 radical (unpaired) electrons. The average molecular weight is 505 g/mol. The van der Waals surface area contributed by atoms with Crippen LogP contribution in [0.3, 0.4) is 0 Å². The minimum absolute atomic E-state index is 0.218. The van der Waals surface area contributed by atoms with Crippen molar-refractivity contribution >= 4 is 33.5 Å². The molecule has 6 nitrogen and oxygen atoms in total. The van der Waals surface area contributed by atoms with E-state index in [0.717, 1.165) is 21.2 Å². The van der Waals surface area contributed by atoms with E-state index >= 15 is 0 Å². The fourth-order valence-corrected chi connectivity index (χ4v) is 4.81. The molecule has 2 atom stereocenters. The van der Waals surface area contributed by atoms with Crippen LogP contribution < -0.4 is 10.6 Å². The van der Waals surface area contributed by atoms with E-state index < -0.39 is 18.2 Å². The molecule has 3 aromatic rings. The number of urea groups is 1. The largest absolute Gasteiger partial charge is 0.391 e. The van der Waals surface area contributed by atoms with Crippen molar-refractivity contribution < 1.29 is 9.90 Å². The Kier molecular flexibility index (Phi) is 6.24. The third-order valence-electron chi connectivity index (χ3n) is 6.06. The summed E-state index contributed by atoms with van der Waals surface area (Å²) in [6.45, 7) is 13.4. The van der Waals surface area contributed by atoms with Crippen LogP contribution in [0.4, 0.5) is 16.3 Å². The van der Waals surface area contributed by atoms with Crippen molar-refractivity contribution in [3.63, 3.8) is 0 Å². The normalized spacial score (nSPS) is 18.7. The molecule has 1 unspecified atom stereocenters. The molecule has 0 saturated carbocycles. The first-order chi connectivity index (χ1) is 15.7. The molecule has 1 aliphatic carbocycles. The fraction of sp³-hybridized carbons (Fsp3) is 0.269. The minimum atomic E-state index is -0.725. The summed E-state index contributed by atoms with van der Waals surface area (Å²) in [7, 11) is 0. The zero-order chi connectivity index (χ0) is 23.8. The number of aromatic nitrogens is 1. The lowest BCUT2D eigenvalue weighted by molar-refractivity contribution is 0.0882. The maximum absolute atomic E-state index is 13.1. The summed E-state index contributed by atoms with van der Waals surface area (Å²) in [5, 5.41) is 16.7. The number of nitrogens with zero attached hydrogens (tertiary/aromatic N) is 2. The summed E-state index contributed by atoms with van der Waals surface area (Å²) in [6.07, 6.45) is -0.200. The third kappa shape index (κ3) is 4.63. The highest BCUT2D eigenvalue weighted by atomic mass is 79.9. The second kappa shape index (κ2) is 8.97. The highest BCUT2D eigenvalue weighted by molar-refractivity contribution is 9.10. The lowest BCUT2D eigenvalue weighted by Gasteiger charge is -2.40. The summed E-state index contributed by atoms with van der Waals surface area (Å²) >= 11 is 3.53. The number of nitrogens with one attached hydrogen (secondary N) is 2. The van der Waals surface area contributed by atoms with Crippen molar-refractivity contribution in [2.75, 3.05) is 5.32 Å². The van der Waals surface area contributed by atoms with Crippen molar-refractivity contribution in [3.8, 4) is 11.3 Å². The van der Waals surface area contributed by atoms with Crippen LogP contribution in [0.1, 0.15) is 43.0 Å². The van der Waals surface area contributed by atoms with Crippen LogP contribution in [0.25, 0.3) is 16.1 Å². The van der Waals surface area contributed by atoms with Crippen molar-refractivity contribution in [2.45, 2.75) is 44.8 Å². The van der Waals surface area contributed by atoms with Gasteiger partial charge in [0.05, 0.1) is 17.8 Å². The maximum Gasteiger partial charge on any atom is 0.319 e. The number of carbonyl (C=O) groups is 1. The number of aryl methyl sites for hydroxylation is 1. The van der Waals surface area contributed by atoms with Crippen LogP contribution >= 0.6 is 15.9 Å². The fourth-order valence-electron chi connectivity index (χ4n) is 4.45. The van der Waals surface area contributed by atoms with Gasteiger partial charge in [0.15, 0.2) is 5.69 Å². The highest BCUT2D eigenvalue weighted by Crippen LogP contribution is 2.43. The molecule has 0 spiro atoms. The molecule has 2 aromatic carbocycles. The van der Waals surface area contributed by atoms with Gasteiger partial charge in [-0.05, 0) is 53.6 Å². The van der Waals surface area contributed by atoms with E-state index in [4.69, 9.17) is 6.57 Å². The van der Waals surface area contributed by atoms with Crippen molar-refractivity contribution in [1.29, 1.82) is 0 Å². The van der Waals surface area contributed by atoms with Gasteiger partial charge in [-0.3, -0.25) is 0 Å². The summed E-state index contributed by atoms with van der Waals surface area (Å²) in [5.41, 5.74) is 4.28. The molecule has 7 heteroatoms. The SMILES string of the molecule is [C-]#[N+]c1nc(-c2ccccc2)c(NC(=O)NC2c3ccc(Br)cc3C(C)(C)C[C@H]2O)cc1C. The number of carbonyl (C=O) groups excluding carboxylic acids is 1. The molecule has 1 heterocycles. The Morgan fingerprint density at radius 3 is 2.64 bits per heavy atom. The Hall–Kier alpha value is -3.21. The number of aliphatic hydroxyl groups is 1. The highest BCUT2D eigenvalue weighted by Gasteiger charge is 2.39. The van der Waals surface area contributed by atoms with E-state index in [1.807, 2.05) is 42.5 Å². The molecule has 0 bridgehead atoms. The molecule has 3 N–H and O–H groups in total. The van der Waals surface area contributed by atoms with Crippen LogP contribution in [-0.2, 0) is 5.41 Å². The number of aliphatic hydroxyl groups excluding tert-OH is 1. The van der Waals surface area contributed by atoms with E-state index in [-0.39, 0.29) is 5.41 Å². The number of benzene rings is 2. The first kappa shape index (κ1) is 23.0. The summed E-state index contributed by atoms with van der Waals surface area (Å²) in [6, 6.07) is 16.1. The van der Waals surface area contributed by atoms with Gasteiger partial charge in [0, 0.05) is 10.0 Å². The van der Waals surface area contributed by atoms with Gasteiger partial charge in [-0.25, -0.2) is 4.79 Å². The summed E-state index contributed by atoms with van der Waals surface area (Å²) in [5.74, 6) is 0.296. The van der Waals surface area contributed by atoms with Crippen molar-refractivity contribution in [3.05, 3.63) is 87.2 Å². The monoisotopic (exact) mass is 504 g/mol. The molecule has 168 valence electrons. The van der Waals surface area contributed by atoms with Crippen LogP contribution in [0.15, 0.2) is 59.1 Å². The topological polar surface area (TPSA) is 78.6 Å². The van der Waals surface area contributed by atoms with Crippen LogP contribution in [-0.4, -0.2) is 22.2 Å². The molecule has 0 saturated heterocycles. The van der Waals surface area contributed by atoms with Gasteiger partial charge in [-0.1, -0.05) is 72.7 Å². The van der Waals surface area contributed by atoms with Gasteiger partial charge in [0.25, 0.3) is 5.82 Å². The van der Waals surface area contributed by atoms with E-state index in [1.165, 1.54) is 0 Å². The third-order valence-corrected chi connectivity index (χ3v) is 6.55. The minimum Gasteiger partial charge on any atom is -0.391 e. The first-order valence-corrected chi connectivity index (χ1v) is 11.5. The number of halogens is 1. The molecule has 4 rings (SSSR count). The van der Waals surface area contributed by atoms with E-state index in [2.05, 4.69) is 56.3 Å². The Bertz CT molecular complexity index is 1250. The number of rotatable bonds is 3.